The molecule has 0 bridgehead atoms. The summed E-state index contributed by atoms with van der Waals surface area (Å²) < 4.78 is 14.8. The van der Waals surface area contributed by atoms with Gasteiger partial charge in [0.2, 0.25) is 0 Å². The summed E-state index contributed by atoms with van der Waals surface area (Å²) in [6.45, 7) is 5.13. The molecule has 2 aromatic rings. The summed E-state index contributed by atoms with van der Waals surface area (Å²) in [6.07, 6.45) is 2.95. The second-order valence-corrected chi connectivity index (χ2v) is 5.55. The fourth-order valence-corrected chi connectivity index (χ4v) is 2.17. The Bertz CT molecular complexity index is 533. The zero-order chi connectivity index (χ0) is 14.5. The number of hydrogen-bond donors (Lipinski definition) is 1. The van der Waals surface area contributed by atoms with Crippen molar-refractivity contribution in [2.75, 3.05) is 0 Å². The Labute approximate surface area is 118 Å². The molecule has 1 aromatic heterocycles. The average Bonchev–Trinajstić information content (AvgIpc) is 2.78. The molecule has 108 valence electrons. The molecule has 0 aliphatic carbocycles. The lowest BCUT2D eigenvalue weighted by atomic mass is 10.0. The van der Waals surface area contributed by atoms with Gasteiger partial charge >= 0.3 is 0 Å². The lowest BCUT2D eigenvalue weighted by Gasteiger charge is -2.13. The standard InChI is InChI=1S/C15H21FN4/c1-11(2)9-20-15(18-10-19-20)8-14(17)7-12-3-5-13(16)6-4-12/h3-6,10-11,14H,7-9,17H2,1-2H3. The quantitative estimate of drug-likeness (QED) is 0.880. The van der Waals surface area contributed by atoms with Gasteiger partial charge in [-0.05, 0) is 30.0 Å². The second kappa shape index (κ2) is 6.61. The minimum absolute atomic E-state index is 0.0458. The van der Waals surface area contributed by atoms with E-state index in [9.17, 15) is 4.39 Å². The van der Waals surface area contributed by atoms with Crippen molar-refractivity contribution in [2.24, 2.45) is 11.7 Å². The second-order valence-electron chi connectivity index (χ2n) is 5.55. The Morgan fingerprint density at radius 1 is 1.20 bits per heavy atom. The Morgan fingerprint density at radius 2 is 1.90 bits per heavy atom. The first kappa shape index (κ1) is 14.7. The first-order valence-corrected chi connectivity index (χ1v) is 6.91. The predicted octanol–water partition coefficient (Wildman–Crippen LogP) is 2.19. The molecule has 0 amide bonds. The van der Waals surface area contributed by atoms with Gasteiger partial charge in [0.1, 0.15) is 18.0 Å². The first-order chi connectivity index (χ1) is 9.54. The van der Waals surface area contributed by atoms with Crippen molar-refractivity contribution in [2.45, 2.75) is 39.3 Å². The molecule has 1 aromatic carbocycles. The topological polar surface area (TPSA) is 56.7 Å². The summed E-state index contributed by atoms with van der Waals surface area (Å²) in [6, 6.07) is 6.42. The van der Waals surface area contributed by atoms with E-state index in [0.717, 1.165) is 17.9 Å². The van der Waals surface area contributed by atoms with Gasteiger partial charge in [0.05, 0.1) is 0 Å². The molecule has 2 rings (SSSR count). The molecule has 5 heteroatoms. The van der Waals surface area contributed by atoms with Crippen LogP contribution < -0.4 is 5.73 Å². The van der Waals surface area contributed by atoms with E-state index >= 15 is 0 Å². The van der Waals surface area contributed by atoms with Crippen LogP contribution in [-0.2, 0) is 19.4 Å². The molecule has 0 spiro atoms. The minimum atomic E-state index is -0.223. The predicted molar refractivity (Wildman–Crippen MR) is 76.6 cm³/mol. The van der Waals surface area contributed by atoms with Crippen molar-refractivity contribution in [3.05, 3.63) is 47.8 Å². The van der Waals surface area contributed by atoms with Crippen LogP contribution in [0.25, 0.3) is 0 Å². The van der Waals surface area contributed by atoms with Crippen LogP contribution in [0, 0.1) is 11.7 Å². The molecule has 0 radical (unpaired) electrons. The van der Waals surface area contributed by atoms with Gasteiger partial charge in [-0.15, -0.1) is 0 Å². The van der Waals surface area contributed by atoms with E-state index in [1.54, 1.807) is 18.5 Å². The zero-order valence-electron chi connectivity index (χ0n) is 12.0. The maximum Gasteiger partial charge on any atom is 0.138 e. The molecule has 0 aliphatic heterocycles. The monoisotopic (exact) mass is 276 g/mol. The smallest absolute Gasteiger partial charge is 0.138 e. The summed E-state index contributed by atoms with van der Waals surface area (Å²) in [5, 5.41) is 4.23. The van der Waals surface area contributed by atoms with Crippen molar-refractivity contribution in [3.8, 4) is 0 Å². The number of rotatable bonds is 6. The Hall–Kier alpha value is -1.75. The minimum Gasteiger partial charge on any atom is -0.327 e. The van der Waals surface area contributed by atoms with Crippen LogP contribution in [-0.4, -0.2) is 20.8 Å². The van der Waals surface area contributed by atoms with Crippen LogP contribution in [0.4, 0.5) is 4.39 Å². The lowest BCUT2D eigenvalue weighted by Crippen LogP contribution is -2.27. The number of benzene rings is 1. The van der Waals surface area contributed by atoms with Gasteiger partial charge < -0.3 is 5.73 Å². The van der Waals surface area contributed by atoms with Crippen LogP contribution >= 0.6 is 0 Å². The van der Waals surface area contributed by atoms with Crippen molar-refractivity contribution >= 4 is 0 Å². The SMILES string of the molecule is CC(C)Cn1ncnc1CC(N)Cc1ccc(F)cc1. The fraction of sp³-hybridized carbons (Fsp3) is 0.467. The summed E-state index contributed by atoms with van der Waals surface area (Å²) >= 11 is 0. The Morgan fingerprint density at radius 3 is 2.55 bits per heavy atom. The Balaban J connectivity index is 1.96. The van der Waals surface area contributed by atoms with E-state index in [1.165, 1.54) is 12.1 Å². The highest BCUT2D eigenvalue weighted by molar-refractivity contribution is 5.17. The van der Waals surface area contributed by atoms with E-state index < -0.39 is 0 Å². The van der Waals surface area contributed by atoms with Crippen molar-refractivity contribution in [3.63, 3.8) is 0 Å². The van der Waals surface area contributed by atoms with Crippen molar-refractivity contribution < 1.29 is 4.39 Å². The first-order valence-electron chi connectivity index (χ1n) is 6.91. The summed E-state index contributed by atoms with van der Waals surface area (Å²) in [5.74, 6) is 1.20. The number of hydrogen-bond acceptors (Lipinski definition) is 3. The van der Waals surface area contributed by atoms with Crippen molar-refractivity contribution in [1.82, 2.24) is 14.8 Å². The molecular weight excluding hydrogens is 255 g/mol. The van der Waals surface area contributed by atoms with Gasteiger partial charge in [0.25, 0.3) is 0 Å². The van der Waals surface area contributed by atoms with Crippen molar-refractivity contribution in [1.29, 1.82) is 0 Å². The lowest BCUT2D eigenvalue weighted by molar-refractivity contribution is 0.457. The largest absolute Gasteiger partial charge is 0.327 e. The van der Waals surface area contributed by atoms with Crippen LogP contribution in [0.3, 0.4) is 0 Å². The van der Waals surface area contributed by atoms with E-state index in [0.29, 0.717) is 18.8 Å². The highest BCUT2D eigenvalue weighted by Gasteiger charge is 2.12. The Kier molecular flexibility index (Phi) is 4.84. The van der Waals surface area contributed by atoms with E-state index in [4.69, 9.17) is 5.73 Å². The number of nitrogens with two attached hydrogens (primary N) is 1. The fourth-order valence-electron chi connectivity index (χ4n) is 2.17. The molecule has 20 heavy (non-hydrogen) atoms. The highest BCUT2D eigenvalue weighted by Crippen LogP contribution is 2.09. The molecule has 1 heterocycles. The van der Waals surface area contributed by atoms with Gasteiger partial charge in [0, 0.05) is 19.0 Å². The van der Waals surface area contributed by atoms with Crippen LogP contribution in [0.15, 0.2) is 30.6 Å². The van der Waals surface area contributed by atoms with E-state index in [2.05, 4.69) is 23.9 Å². The van der Waals surface area contributed by atoms with Gasteiger partial charge in [-0.2, -0.15) is 5.10 Å². The molecule has 1 unspecified atom stereocenters. The molecule has 0 saturated carbocycles. The van der Waals surface area contributed by atoms with Gasteiger partial charge in [-0.25, -0.2) is 14.1 Å². The third-order valence-electron chi connectivity index (χ3n) is 3.09. The van der Waals surface area contributed by atoms with E-state index in [1.807, 2.05) is 4.68 Å². The highest BCUT2D eigenvalue weighted by atomic mass is 19.1. The normalized spacial score (nSPS) is 12.8. The van der Waals surface area contributed by atoms with E-state index in [-0.39, 0.29) is 11.9 Å². The number of aromatic nitrogens is 3. The summed E-state index contributed by atoms with van der Waals surface area (Å²) in [7, 11) is 0. The molecule has 0 saturated heterocycles. The third kappa shape index (κ3) is 4.13. The van der Waals surface area contributed by atoms with Crippen LogP contribution in [0.5, 0.6) is 0 Å². The molecule has 1 atom stereocenters. The molecular formula is C15H21FN4. The summed E-state index contributed by atoms with van der Waals surface area (Å²) in [4.78, 5) is 4.28. The molecule has 4 nitrogen and oxygen atoms in total. The molecule has 2 N–H and O–H groups in total. The zero-order valence-corrected chi connectivity index (χ0v) is 12.0. The number of nitrogens with zero attached hydrogens (tertiary/aromatic N) is 3. The van der Waals surface area contributed by atoms with Crippen LogP contribution in [0.2, 0.25) is 0 Å². The third-order valence-corrected chi connectivity index (χ3v) is 3.09. The molecule has 0 aliphatic rings. The number of halogens is 1. The maximum absolute atomic E-state index is 12.9. The van der Waals surface area contributed by atoms with Gasteiger partial charge in [-0.1, -0.05) is 26.0 Å². The summed E-state index contributed by atoms with van der Waals surface area (Å²) in [5.41, 5.74) is 7.20. The maximum atomic E-state index is 12.9. The van der Waals surface area contributed by atoms with Gasteiger partial charge in [-0.3, -0.25) is 0 Å². The average molecular weight is 276 g/mol. The van der Waals surface area contributed by atoms with Gasteiger partial charge in [0.15, 0.2) is 0 Å². The molecule has 0 fully saturated rings. The van der Waals surface area contributed by atoms with Crippen LogP contribution in [0.1, 0.15) is 25.2 Å².